The van der Waals surface area contributed by atoms with Gasteiger partial charge in [0.25, 0.3) is 5.91 Å². The van der Waals surface area contributed by atoms with Crippen molar-refractivity contribution in [3.63, 3.8) is 0 Å². The molecule has 3 aromatic rings. The van der Waals surface area contributed by atoms with E-state index in [0.717, 1.165) is 0 Å². The van der Waals surface area contributed by atoms with Gasteiger partial charge in [-0.1, -0.05) is 6.07 Å². The number of carbonyl (C=O) groups excluding carboxylic acids is 1. The highest BCUT2D eigenvalue weighted by Crippen LogP contribution is 2.19. The summed E-state index contributed by atoms with van der Waals surface area (Å²) in [4.78, 5) is 16.4. The van der Waals surface area contributed by atoms with Crippen LogP contribution in [0.2, 0.25) is 0 Å². The molecule has 0 aliphatic rings. The van der Waals surface area contributed by atoms with E-state index in [1.165, 1.54) is 0 Å². The molecule has 0 fully saturated rings. The van der Waals surface area contributed by atoms with Gasteiger partial charge < -0.3 is 14.6 Å². The van der Waals surface area contributed by atoms with Gasteiger partial charge in [-0.25, -0.2) is 4.98 Å². The van der Waals surface area contributed by atoms with Crippen LogP contribution in [-0.4, -0.2) is 31.8 Å². The van der Waals surface area contributed by atoms with E-state index in [9.17, 15) is 4.79 Å². The molecule has 0 aliphatic carbocycles. The molecule has 0 unspecified atom stereocenters. The second-order valence-electron chi connectivity index (χ2n) is 5.89. The number of benzene rings is 1. The van der Waals surface area contributed by atoms with Crippen LogP contribution in [0.15, 0.2) is 55.2 Å². The third-order valence-electron chi connectivity index (χ3n) is 3.66. The molecule has 0 aliphatic heterocycles. The highest BCUT2D eigenvalue weighted by molar-refractivity contribution is 6.03. The van der Waals surface area contributed by atoms with Gasteiger partial charge in [0.2, 0.25) is 0 Å². The van der Waals surface area contributed by atoms with Crippen LogP contribution in [0.25, 0.3) is 0 Å². The fourth-order valence-electron chi connectivity index (χ4n) is 2.45. The minimum atomic E-state index is -0.193. The Bertz CT molecular complexity index is 824. The number of hydrogen-bond donors (Lipinski definition) is 1. The minimum Gasteiger partial charge on any atom is -0.492 e. The number of carbonyl (C=O) groups is 1. The van der Waals surface area contributed by atoms with Gasteiger partial charge in [0.15, 0.2) is 0 Å². The van der Waals surface area contributed by atoms with Gasteiger partial charge in [0.1, 0.15) is 18.1 Å². The van der Waals surface area contributed by atoms with Crippen molar-refractivity contribution in [2.24, 2.45) is 0 Å². The van der Waals surface area contributed by atoms with Crippen LogP contribution in [0.3, 0.4) is 0 Å². The molecule has 2 heterocycles. The van der Waals surface area contributed by atoms with Gasteiger partial charge in [-0.15, -0.1) is 0 Å². The van der Waals surface area contributed by atoms with Crippen LogP contribution in [-0.2, 0) is 6.54 Å². The molecule has 1 N–H and O–H groups in total. The molecule has 1 amide bonds. The maximum absolute atomic E-state index is 12.5. The molecular formula is C18H21N5O2. The van der Waals surface area contributed by atoms with Gasteiger partial charge in [0.05, 0.1) is 12.9 Å². The Morgan fingerprint density at radius 1 is 1.28 bits per heavy atom. The molecule has 0 saturated carbocycles. The zero-order valence-electron chi connectivity index (χ0n) is 14.3. The molecule has 7 heteroatoms. The largest absolute Gasteiger partial charge is 0.492 e. The molecule has 0 saturated heterocycles. The Labute approximate surface area is 146 Å². The summed E-state index contributed by atoms with van der Waals surface area (Å²) in [5, 5.41) is 7.07. The van der Waals surface area contributed by atoms with E-state index in [1.807, 2.05) is 48.9 Å². The van der Waals surface area contributed by atoms with Gasteiger partial charge in [-0.2, -0.15) is 5.10 Å². The molecule has 25 heavy (non-hydrogen) atoms. The fraction of sp³-hybridized carbons (Fsp3) is 0.278. The Hall–Kier alpha value is -3.09. The lowest BCUT2D eigenvalue weighted by Crippen LogP contribution is -2.19. The maximum atomic E-state index is 12.5. The van der Waals surface area contributed by atoms with Crippen LogP contribution in [0.1, 0.15) is 30.4 Å². The normalized spacial score (nSPS) is 10.8. The fourth-order valence-corrected chi connectivity index (χ4v) is 2.45. The van der Waals surface area contributed by atoms with Crippen LogP contribution in [0.4, 0.5) is 5.69 Å². The second kappa shape index (κ2) is 7.65. The summed E-state index contributed by atoms with van der Waals surface area (Å²) >= 11 is 0. The Balaban J connectivity index is 1.61. The predicted octanol–water partition coefficient (Wildman–Crippen LogP) is 2.99. The van der Waals surface area contributed by atoms with E-state index in [0.29, 0.717) is 30.3 Å². The Morgan fingerprint density at radius 3 is 2.92 bits per heavy atom. The zero-order chi connectivity index (χ0) is 17.6. The van der Waals surface area contributed by atoms with E-state index in [2.05, 4.69) is 15.4 Å². The van der Waals surface area contributed by atoms with E-state index in [1.54, 1.807) is 29.5 Å². The number of anilines is 1. The number of imidazole rings is 1. The summed E-state index contributed by atoms with van der Waals surface area (Å²) in [5.74, 6) is 0.511. The molecule has 7 nitrogen and oxygen atoms in total. The number of nitrogens with zero attached hydrogens (tertiary/aromatic N) is 4. The first-order valence-corrected chi connectivity index (χ1v) is 8.17. The predicted molar refractivity (Wildman–Crippen MR) is 94.7 cm³/mol. The van der Waals surface area contributed by atoms with Crippen molar-refractivity contribution in [2.75, 3.05) is 11.9 Å². The van der Waals surface area contributed by atoms with Crippen molar-refractivity contribution in [1.82, 2.24) is 19.3 Å². The van der Waals surface area contributed by atoms with Crippen molar-refractivity contribution in [3.05, 3.63) is 60.9 Å². The molecule has 0 radical (unpaired) electrons. The van der Waals surface area contributed by atoms with Gasteiger partial charge in [-0.05, 0) is 32.0 Å². The van der Waals surface area contributed by atoms with Crippen molar-refractivity contribution >= 4 is 11.6 Å². The Kier molecular flexibility index (Phi) is 5.13. The van der Waals surface area contributed by atoms with E-state index >= 15 is 0 Å². The molecule has 3 rings (SSSR count). The maximum Gasteiger partial charge on any atom is 0.273 e. The molecular weight excluding hydrogens is 318 g/mol. The number of rotatable bonds is 7. The molecule has 0 bridgehead atoms. The van der Waals surface area contributed by atoms with E-state index < -0.39 is 0 Å². The number of nitrogens with one attached hydrogen (secondary N) is 1. The second-order valence-corrected chi connectivity index (χ2v) is 5.89. The number of aromatic nitrogens is 4. The van der Waals surface area contributed by atoms with Crippen molar-refractivity contribution in [3.8, 4) is 5.75 Å². The summed E-state index contributed by atoms with van der Waals surface area (Å²) < 4.78 is 9.38. The number of ether oxygens (including phenoxy) is 1. The highest BCUT2D eigenvalue weighted by atomic mass is 16.5. The molecule has 2 aromatic heterocycles. The molecule has 130 valence electrons. The van der Waals surface area contributed by atoms with Gasteiger partial charge >= 0.3 is 0 Å². The Morgan fingerprint density at radius 2 is 2.16 bits per heavy atom. The van der Waals surface area contributed by atoms with Gasteiger partial charge in [0, 0.05) is 36.4 Å². The molecule has 0 atom stereocenters. The molecule has 1 aromatic carbocycles. The van der Waals surface area contributed by atoms with Crippen molar-refractivity contribution < 1.29 is 9.53 Å². The monoisotopic (exact) mass is 339 g/mol. The smallest absolute Gasteiger partial charge is 0.273 e. The van der Waals surface area contributed by atoms with Crippen LogP contribution >= 0.6 is 0 Å². The summed E-state index contributed by atoms with van der Waals surface area (Å²) in [5.41, 5.74) is 1.21. The SMILES string of the molecule is CC(C)n1nccc1C(=O)Nc1cccc(OCCn2ccnc2)c1. The van der Waals surface area contributed by atoms with E-state index in [-0.39, 0.29) is 11.9 Å². The van der Waals surface area contributed by atoms with E-state index in [4.69, 9.17) is 4.74 Å². The summed E-state index contributed by atoms with van der Waals surface area (Å²) in [6.07, 6.45) is 7.00. The average Bonchev–Trinajstić information content (AvgIpc) is 3.27. The highest BCUT2D eigenvalue weighted by Gasteiger charge is 2.14. The average molecular weight is 339 g/mol. The minimum absolute atomic E-state index is 0.119. The lowest BCUT2D eigenvalue weighted by Gasteiger charge is -2.12. The van der Waals surface area contributed by atoms with Crippen molar-refractivity contribution in [2.45, 2.75) is 26.4 Å². The topological polar surface area (TPSA) is 74.0 Å². The number of amides is 1. The first-order chi connectivity index (χ1) is 12.1. The van der Waals surface area contributed by atoms with Gasteiger partial charge in [-0.3, -0.25) is 9.48 Å². The summed E-state index contributed by atoms with van der Waals surface area (Å²) in [7, 11) is 0. The summed E-state index contributed by atoms with van der Waals surface area (Å²) in [6, 6.07) is 9.18. The lowest BCUT2D eigenvalue weighted by molar-refractivity contribution is 0.101. The standard InChI is InChI=1S/C18H21N5O2/c1-14(2)23-17(6-7-20-23)18(24)21-15-4-3-5-16(12-15)25-11-10-22-9-8-19-13-22/h3-9,12-14H,10-11H2,1-2H3,(H,21,24). The first-order valence-electron chi connectivity index (χ1n) is 8.17. The van der Waals surface area contributed by atoms with Crippen LogP contribution in [0.5, 0.6) is 5.75 Å². The van der Waals surface area contributed by atoms with Crippen LogP contribution < -0.4 is 10.1 Å². The summed E-state index contributed by atoms with van der Waals surface area (Å²) in [6.45, 7) is 5.20. The number of hydrogen-bond acceptors (Lipinski definition) is 4. The zero-order valence-corrected chi connectivity index (χ0v) is 14.3. The van der Waals surface area contributed by atoms with Crippen LogP contribution in [0, 0.1) is 0 Å². The molecule has 0 spiro atoms. The quantitative estimate of drug-likeness (QED) is 0.718. The third-order valence-corrected chi connectivity index (χ3v) is 3.66. The first kappa shape index (κ1) is 16.8. The third kappa shape index (κ3) is 4.26. The van der Waals surface area contributed by atoms with Crippen molar-refractivity contribution in [1.29, 1.82) is 0 Å². The lowest BCUT2D eigenvalue weighted by atomic mass is 10.2.